The SMILES string of the molecule is CNC1=C([N+](=O)[O-])C(c2ccc([N+](=O)[O-])cc2)c2c(n[nH]c2C)O1. The van der Waals surface area contributed by atoms with E-state index in [4.69, 9.17) is 4.74 Å². The summed E-state index contributed by atoms with van der Waals surface area (Å²) in [5, 5.41) is 31.9. The fourth-order valence-corrected chi connectivity index (χ4v) is 2.73. The van der Waals surface area contributed by atoms with Gasteiger partial charge < -0.3 is 10.1 Å². The first-order valence-corrected chi connectivity index (χ1v) is 6.97. The Kier molecular flexibility index (Phi) is 3.64. The summed E-state index contributed by atoms with van der Waals surface area (Å²) in [6.07, 6.45) is 0. The third-order valence-corrected chi connectivity index (χ3v) is 3.81. The minimum absolute atomic E-state index is 0.0117. The molecule has 0 saturated heterocycles. The Morgan fingerprint density at radius 3 is 2.42 bits per heavy atom. The van der Waals surface area contributed by atoms with Crippen molar-refractivity contribution in [2.45, 2.75) is 12.8 Å². The molecule has 2 N–H and O–H groups in total. The molecule has 0 bridgehead atoms. The van der Waals surface area contributed by atoms with Gasteiger partial charge in [0.25, 0.3) is 11.6 Å². The van der Waals surface area contributed by atoms with Crippen molar-refractivity contribution in [3.63, 3.8) is 0 Å². The van der Waals surface area contributed by atoms with E-state index in [2.05, 4.69) is 15.5 Å². The summed E-state index contributed by atoms with van der Waals surface area (Å²) in [6, 6.07) is 5.63. The molecule has 0 aliphatic carbocycles. The van der Waals surface area contributed by atoms with Gasteiger partial charge in [0.2, 0.25) is 5.88 Å². The van der Waals surface area contributed by atoms with E-state index in [0.29, 0.717) is 16.8 Å². The zero-order valence-corrected chi connectivity index (χ0v) is 12.8. The zero-order chi connectivity index (χ0) is 17.4. The molecule has 10 nitrogen and oxygen atoms in total. The molecule has 1 aliphatic rings. The maximum absolute atomic E-state index is 11.6. The molecule has 124 valence electrons. The van der Waals surface area contributed by atoms with Crippen LogP contribution in [0, 0.1) is 27.2 Å². The van der Waals surface area contributed by atoms with Gasteiger partial charge >= 0.3 is 5.70 Å². The standard InChI is InChI=1S/C14H13N5O5/c1-7-10-11(8-3-5-9(6-4-8)18(20)21)12(19(22)23)14(15-2)24-13(10)17-16-7/h3-6,11,15H,1-2H3,(H,16,17). The van der Waals surface area contributed by atoms with Gasteiger partial charge in [-0.1, -0.05) is 12.1 Å². The number of nitro benzene ring substituents is 1. The molecule has 24 heavy (non-hydrogen) atoms. The van der Waals surface area contributed by atoms with Crippen LogP contribution in [0.1, 0.15) is 22.7 Å². The van der Waals surface area contributed by atoms with E-state index in [1.807, 2.05) is 0 Å². The van der Waals surface area contributed by atoms with Gasteiger partial charge in [0.1, 0.15) is 5.92 Å². The molecular formula is C14H13N5O5. The molecule has 0 saturated carbocycles. The first-order chi connectivity index (χ1) is 11.4. The van der Waals surface area contributed by atoms with Crippen molar-refractivity contribution in [1.82, 2.24) is 15.5 Å². The number of nitro groups is 2. The summed E-state index contributed by atoms with van der Waals surface area (Å²) in [4.78, 5) is 21.4. The second-order valence-corrected chi connectivity index (χ2v) is 5.17. The van der Waals surface area contributed by atoms with Gasteiger partial charge in [0.15, 0.2) is 0 Å². The topological polar surface area (TPSA) is 136 Å². The van der Waals surface area contributed by atoms with Crippen LogP contribution >= 0.6 is 0 Å². The highest BCUT2D eigenvalue weighted by atomic mass is 16.6. The monoisotopic (exact) mass is 331 g/mol. The van der Waals surface area contributed by atoms with Crippen molar-refractivity contribution in [3.05, 3.63) is 72.9 Å². The number of aromatic nitrogens is 2. The predicted molar refractivity (Wildman–Crippen MR) is 82.0 cm³/mol. The van der Waals surface area contributed by atoms with Gasteiger partial charge in [-0.15, -0.1) is 5.10 Å². The van der Waals surface area contributed by atoms with Crippen LogP contribution in [0.5, 0.6) is 5.88 Å². The Morgan fingerprint density at radius 2 is 1.88 bits per heavy atom. The number of fused-ring (bicyclic) bond motifs is 1. The van der Waals surface area contributed by atoms with E-state index < -0.39 is 15.8 Å². The molecule has 2 heterocycles. The van der Waals surface area contributed by atoms with Gasteiger partial charge in [0.05, 0.1) is 15.4 Å². The van der Waals surface area contributed by atoms with Crippen molar-refractivity contribution in [2.75, 3.05) is 7.05 Å². The number of hydrogen-bond acceptors (Lipinski definition) is 7. The summed E-state index contributed by atoms with van der Waals surface area (Å²) < 4.78 is 5.47. The molecule has 1 aromatic carbocycles. The minimum atomic E-state index is -0.759. The first-order valence-electron chi connectivity index (χ1n) is 6.97. The van der Waals surface area contributed by atoms with Crippen molar-refractivity contribution in [3.8, 4) is 5.88 Å². The minimum Gasteiger partial charge on any atom is -0.414 e. The molecule has 0 fully saturated rings. The lowest BCUT2D eigenvalue weighted by Gasteiger charge is -2.22. The van der Waals surface area contributed by atoms with E-state index in [9.17, 15) is 20.2 Å². The van der Waals surface area contributed by atoms with Gasteiger partial charge in [-0.2, -0.15) is 0 Å². The fraction of sp³-hybridized carbons (Fsp3) is 0.214. The third kappa shape index (κ3) is 2.33. The number of benzene rings is 1. The number of hydrogen-bond donors (Lipinski definition) is 2. The van der Waals surface area contributed by atoms with Crippen LogP contribution in [0.25, 0.3) is 0 Å². The fourth-order valence-electron chi connectivity index (χ4n) is 2.73. The molecule has 3 rings (SSSR count). The van der Waals surface area contributed by atoms with Crippen molar-refractivity contribution >= 4 is 5.69 Å². The third-order valence-electron chi connectivity index (χ3n) is 3.81. The molecule has 2 aromatic rings. The summed E-state index contributed by atoms with van der Waals surface area (Å²) in [5.41, 5.74) is 1.44. The number of ether oxygens (including phenoxy) is 1. The first kappa shape index (κ1) is 15.5. The van der Waals surface area contributed by atoms with Gasteiger partial charge in [-0.3, -0.25) is 25.3 Å². The second-order valence-electron chi connectivity index (χ2n) is 5.17. The summed E-state index contributed by atoms with van der Waals surface area (Å²) >= 11 is 0. The lowest BCUT2D eigenvalue weighted by Crippen LogP contribution is -2.27. The van der Waals surface area contributed by atoms with E-state index in [-0.39, 0.29) is 23.1 Å². The maximum atomic E-state index is 11.6. The Morgan fingerprint density at radius 1 is 1.21 bits per heavy atom. The van der Waals surface area contributed by atoms with Crippen molar-refractivity contribution in [2.24, 2.45) is 0 Å². The summed E-state index contributed by atoms with van der Waals surface area (Å²) in [7, 11) is 1.51. The van der Waals surface area contributed by atoms with E-state index >= 15 is 0 Å². The van der Waals surface area contributed by atoms with Crippen LogP contribution in [-0.2, 0) is 0 Å². The number of nitrogens with one attached hydrogen (secondary N) is 2. The molecular weight excluding hydrogens is 318 g/mol. The second kappa shape index (κ2) is 5.65. The Bertz CT molecular complexity index is 855. The Balaban J connectivity index is 2.20. The molecule has 0 spiro atoms. The highest BCUT2D eigenvalue weighted by Crippen LogP contribution is 2.43. The molecule has 0 radical (unpaired) electrons. The summed E-state index contributed by atoms with van der Waals surface area (Å²) in [5.74, 6) is -0.529. The Labute approximate surface area is 135 Å². The molecule has 1 aromatic heterocycles. The average molecular weight is 331 g/mol. The Hall–Kier alpha value is -3.43. The van der Waals surface area contributed by atoms with Gasteiger partial charge in [0, 0.05) is 24.9 Å². The molecule has 1 atom stereocenters. The largest absolute Gasteiger partial charge is 0.414 e. The van der Waals surface area contributed by atoms with Crippen LogP contribution in [0.4, 0.5) is 5.69 Å². The maximum Gasteiger partial charge on any atom is 0.317 e. The lowest BCUT2D eigenvalue weighted by atomic mass is 9.87. The number of H-pyrrole nitrogens is 1. The number of aryl methyl sites for hydroxylation is 1. The zero-order valence-electron chi connectivity index (χ0n) is 12.8. The normalized spacial score (nSPS) is 16.3. The lowest BCUT2D eigenvalue weighted by molar-refractivity contribution is -0.432. The van der Waals surface area contributed by atoms with Gasteiger partial charge in [-0.25, -0.2) is 0 Å². The quantitative estimate of drug-likeness (QED) is 0.644. The molecule has 1 aliphatic heterocycles. The van der Waals surface area contributed by atoms with E-state index in [1.165, 1.54) is 31.3 Å². The van der Waals surface area contributed by atoms with E-state index in [0.717, 1.165) is 0 Å². The van der Waals surface area contributed by atoms with Crippen LogP contribution < -0.4 is 10.1 Å². The number of aromatic amines is 1. The molecule has 1 unspecified atom stereocenters. The number of rotatable bonds is 4. The van der Waals surface area contributed by atoms with E-state index in [1.54, 1.807) is 6.92 Å². The van der Waals surface area contributed by atoms with Crippen LogP contribution in [-0.4, -0.2) is 27.1 Å². The van der Waals surface area contributed by atoms with Crippen molar-refractivity contribution < 1.29 is 14.6 Å². The van der Waals surface area contributed by atoms with Crippen molar-refractivity contribution in [1.29, 1.82) is 0 Å². The number of allylic oxidation sites excluding steroid dienone is 1. The van der Waals surface area contributed by atoms with Gasteiger partial charge in [-0.05, 0) is 12.5 Å². The number of non-ortho nitro benzene ring substituents is 1. The molecule has 10 heteroatoms. The summed E-state index contributed by atoms with van der Waals surface area (Å²) in [6.45, 7) is 1.73. The molecule has 0 amide bonds. The van der Waals surface area contributed by atoms with Crippen LogP contribution in [0.3, 0.4) is 0 Å². The average Bonchev–Trinajstić information content (AvgIpc) is 2.94. The highest BCUT2D eigenvalue weighted by Gasteiger charge is 2.42. The smallest absolute Gasteiger partial charge is 0.317 e. The van der Waals surface area contributed by atoms with Crippen LogP contribution in [0.2, 0.25) is 0 Å². The number of nitrogens with zero attached hydrogens (tertiary/aromatic N) is 3. The predicted octanol–water partition coefficient (Wildman–Crippen LogP) is 1.82. The highest BCUT2D eigenvalue weighted by molar-refractivity contribution is 5.50. The van der Waals surface area contributed by atoms with Crippen LogP contribution in [0.15, 0.2) is 35.8 Å².